The molecular formula is C29H35ClN4O3S. The first-order valence-corrected chi connectivity index (χ1v) is 14.2. The molecule has 2 heterocycles. The lowest BCUT2D eigenvalue weighted by Crippen LogP contribution is -2.42. The second-order valence-electron chi connectivity index (χ2n) is 10.5. The summed E-state index contributed by atoms with van der Waals surface area (Å²) in [6, 6.07) is 15.7. The van der Waals surface area contributed by atoms with Gasteiger partial charge < -0.3 is 10.1 Å². The Kier molecular flexibility index (Phi) is 8.85. The third-order valence-corrected chi connectivity index (χ3v) is 7.93. The van der Waals surface area contributed by atoms with E-state index in [1.807, 2.05) is 60.1 Å². The topological polar surface area (TPSA) is 76.5 Å². The lowest BCUT2D eigenvalue weighted by molar-refractivity contribution is -0.122. The molecule has 0 fully saturated rings. The molecule has 0 spiro atoms. The van der Waals surface area contributed by atoms with Crippen LogP contribution in [0.4, 0.5) is 5.82 Å². The Morgan fingerprint density at radius 3 is 2.66 bits per heavy atom. The zero-order valence-electron chi connectivity index (χ0n) is 22.6. The molecule has 0 radical (unpaired) electrons. The van der Waals surface area contributed by atoms with Crippen molar-refractivity contribution in [1.82, 2.24) is 15.1 Å². The monoisotopic (exact) mass is 554 g/mol. The van der Waals surface area contributed by atoms with E-state index in [4.69, 9.17) is 21.4 Å². The molecule has 4 rings (SSSR count). The van der Waals surface area contributed by atoms with Crippen molar-refractivity contribution in [2.75, 3.05) is 37.5 Å². The third-order valence-electron chi connectivity index (χ3n) is 6.44. The zero-order chi connectivity index (χ0) is 27.4. The minimum atomic E-state index is -0.323. The van der Waals surface area contributed by atoms with Crippen LogP contribution in [-0.2, 0) is 19.7 Å². The van der Waals surface area contributed by atoms with Crippen molar-refractivity contribution in [1.29, 1.82) is 0 Å². The number of halogens is 1. The maximum atomic E-state index is 13.7. The van der Waals surface area contributed by atoms with Crippen LogP contribution in [0.1, 0.15) is 54.8 Å². The number of amides is 2. The highest BCUT2D eigenvalue weighted by Gasteiger charge is 2.40. The maximum absolute atomic E-state index is 13.7. The highest BCUT2D eigenvalue weighted by molar-refractivity contribution is 8.00. The molecule has 38 heavy (non-hydrogen) atoms. The summed E-state index contributed by atoms with van der Waals surface area (Å²) in [5.41, 5.74) is 4.38. The van der Waals surface area contributed by atoms with E-state index >= 15 is 0 Å². The zero-order valence-corrected chi connectivity index (χ0v) is 24.2. The van der Waals surface area contributed by atoms with Gasteiger partial charge in [-0.1, -0.05) is 62.7 Å². The van der Waals surface area contributed by atoms with Gasteiger partial charge in [-0.05, 0) is 42.7 Å². The number of para-hydroxylation sites is 1. The number of ether oxygens (including phenoxy) is 1. The van der Waals surface area contributed by atoms with Crippen LogP contribution in [0.5, 0.6) is 0 Å². The Morgan fingerprint density at radius 1 is 1.21 bits per heavy atom. The summed E-state index contributed by atoms with van der Waals surface area (Å²) < 4.78 is 6.94. The number of anilines is 1. The highest BCUT2D eigenvalue weighted by atomic mass is 35.5. The second kappa shape index (κ2) is 11.9. The van der Waals surface area contributed by atoms with Crippen LogP contribution in [0.3, 0.4) is 0 Å². The summed E-state index contributed by atoms with van der Waals surface area (Å²) in [4.78, 5) is 28.4. The number of nitrogens with one attached hydrogen (secondary N) is 1. The first kappa shape index (κ1) is 28.2. The molecule has 1 aliphatic rings. The van der Waals surface area contributed by atoms with Crippen LogP contribution >= 0.6 is 23.4 Å². The number of benzene rings is 2. The van der Waals surface area contributed by atoms with E-state index in [9.17, 15) is 9.59 Å². The van der Waals surface area contributed by atoms with Gasteiger partial charge in [-0.15, -0.1) is 11.8 Å². The van der Waals surface area contributed by atoms with E-state index in [1.54, 1.807) is 23.8 Å². The third kappa shape index (κ3) is 6.08. The predicted molar refractivity (Wildman–Crippen MR) is 155 cm³/mol. The lowest BCUT2D eigenvalue weighted by Gasteiger charge is -2.25. The minimum Gasteiger partial charge on any atom is -0.385 e. The number of fused-ring (bicyclic) bond motifs is 1. The van der Waals surface area contributed by atoms with Gasteiger partial charge in [0.15, 0.2) is 0 Å². The van der Waals surface area contributed by atoms with Crippen LogP contribution < -0.4 is 10.2 Å². The normalized spacial score (nSPS) is 15.8. The molecule has 1 atom stereocenters. The smallest absolute Gasteiger partial charge is 0.240 e. The number of carbonyl (C=O) groups is 2. The predicted octanol–water partition coefficient (Wildman–Crippen LogP) is 5.45. The number of rotatable bonds is 8. The van der Waals surface area contributed by atoms with Crippen LogP contribution in [-0.4, -0.2) is 54.2 Å². The largest absolute Gasteiger partial charge is 0.385 e. The standard InChI is InChI=1S/C29H35ClN4O3S/c1-19-10-6-7-13-22(19)34-28-25(27(32-34)29(2,3)4)26(20-11-8-12-21(30)16-20)38-18-24(36)33(28)17-23(35)31-14-9-15-37-5/h6-8,10-13,16,26H,9,14-15,17-18H2,1-5H3,(H,31,35)/t26-/m1/s1. The van der Waals surface area contributed by atoms with Crippen molar-refractivity contribution >= 4 is 41.0 Å². The molecule has 9 heteroatoms. The molecule has 0 saturated heterocycles. The molecule has 3 aromatic rings. The van der Waals surface area contributed by atoms with Crippen molar-refractivity contribution in [3.05, 3.63) is 75.9 Å². The van der Waals surface area contributed by atoms with E-state index in [-0.39, 0.29) is 34.8 Å². The quantitative estimate of drug-likeness (QED) is 0.374. The van der Waals surface area contributed by atoms with E-state index < -0.39 is 0 Å². The first-order chi connectivity index (χ1) is 18.1. The summed E-state index contributed by atoms with van der Waals surface area (Å²) in [7, 11) is 1.63. The van der Waals surface area contributed by atoms with E-state index in [2.05, 4.69) is 26.1 Å². The molecule has 0 bridgehead atoms. The molecule has 0 saturated carbocycles. The molecule has 202 valence electrons. The second-order valence-corrected chi connectivity index (χ2v) is 12.0. The maximum Gasteiger partial charge on any atom is 0.240 e. The fourth-order valence-corrected chi connectivity index (χ4v) is 6.01. The molecule has 0 unspecified atom stereocenters. The van der Waals surface area contributed by atoms with Gasteiger partial charge in [0, 0.05) is 36.3 Å². The summed E-state index contributed by atoms with van der Waals surface area (Å²) in [6.45, 7) is 9.33. The average molecular weight is 555 g/mol. The van der Waals surface area contributed by atoms with Gasteiger partial charge in [0.25, 0.3) is 0 Å². The van der Waals surface area contributed by atoms with Crippen molar-refractivity contribution < 1.29 is 14.3 Å². The number of aromatic nitrogens is 2. The number of thioether (sulfide) groups is 1. The molecule has 0 aliphatic carbocycles. The summed E-state index contributed by atoms with van der Waals surface area (Å²) in [5, 5.41) is 8.52. The van der Waals surface area contributed by atoms with Crippen LogP contribution in [0.2, 0.25) is 5.02 Å². The summed E-state index contributed by atoms with van der Waals surface area (Å²) in [5.74, 6) is 0.501. The van der Waals surface area contributed by atoms with Crippen LogP contribution in [0.25, 0.3) is 5.69 Å². The van der Waals surface area contributed by atoms with Gasteiger partial charge in [0.05, 0.1) is 22.4 Å². The molecular weight excluding hydrogens is 520 g/mol. The average Bonchev–Trinajstić information content (AvgIpc) is 3.20. The highest BCUT2D eigenvalue weighted by Crippen LogP contribution is 2.48. The van der Waals surface area contributed by atoms with Crippen molar-refractivity contribution in [2.24, 2.45) is 0 Å². The van der Waals surface area contributed by atoms with E-state index in [0.717, 1.165) is 28.1 Å². The van der Waals surface area contributed by atoms with Crippen molar-refractivity contribution in [3.63, 3.8) is 0 Å². The Hall–Kier alpha value is -2.81. The summed E-state index contributed by atoms with van der Waals surface area (Å²) in [6.07, 6.45) is 0.698. The van der Waals surface area contributed by atoms with Crippen molar-refractivity contribution in [3.8, 4) is 5.69 Å². The fraction of sp³-hybridized carbons (Fsp3) is 0.414. The molecule has 1 aromatic heterocycles. The van der Waals surface area contributed by atoms with Crippen molar-refractivity contribution in [2.45, 2.75) is 44.8 Å². The molecule has 2 aromatic carbocycles. The minimum absolute atomic E-state index is 0.0944. The molecule has 2 amide bonds. The number of nitrogens with zero attached hydrogens (tertiary/aromatic N) is 3. The van der Waals surface area contributed by atoms with Gasteiger partial charge in [0.1, 0.15) is 12.4 Å². The molecule has 7 nitrogen and oxygen atoms in total. The number of hydrogen-bond donors (Lipinski definition) is 1. The summed E-state index contributed by atoms with van der Waals surface area (Å²) >= 11 is 7.95. The Morgan fingerprint density at radius 2 is 1.97 bits per heavy atom. The Labute approximate surface area is 233 Å². The van der Waals surface area contributed by atoms with Gasteiger partial charge in [-0.25, -0.2) is 4.68 Å². The Balaban J connectivity index is 1.92. The van der Waals surface area contributed by atoms with E-state index in [1.165, 1.54) is 0 Å². The van der Waals surface area contributed by atoms with Crippen LogP contribution in [0, 0.1) is 6.92 Å². The fourth-order valence-electron chi connectivity index (χ4n) is 4.62. The number of carbonyl (C=O) groups excluding carboxylic acids is 2. The van der Waals surface area contributed by atoms with Gasteiger partial charge >= 0.3 is 0 Å². The van der Waals surface area contributed by atoms with Gasteiger partial charge in [0.2, 0.25) is 11.8 Å². The van der Waals surface area contributed by atoms with Crippen LogP contribution in [0.15, 0.2) is 48.5 Å². The first-order valence-electron chi connectivity index (χ1n) is 12.7. The lowest BCUT2D eigenvalue weighted by atomic mass is 9.87. The SMILES string of the molecule is COCCCNC(=O)CN1C(=O)CS[C@H](c2cccc(Cl)c2)c2c(C(C)(C)C)nn(-c3ccccc3C)c21. The molecule has 1 aliphatic heterocycles. The number of aryl methyl sites for hydroxylation is 1. The number of hydrogen-bond acceptors (Lipinski definition) is 5. The van der Waals surface area contributed by atoms with Gasteiger partial charge in [-0.2, -0.15) is 5.10 Å². The Bertz CT molecular complexity index is 1320. The molecule has 1 N–H and O–H groups in total. The van der Waals surface area contributed by atoms with Gasteiger partial charge in [-0.3, -0.25) is 14.5 Å². The number of methoxy groups -OCH3 is 1. The van der Waals surface area contributed by atoms with E-state index in [0.29, 0.717) is 30.4 Å².